The zero-order chi connectivity index (χ0) is 14.6. The van der Waals surface area contributed by atoms with E-state index in [1.165, 1.54) is 17.9 Å². The SMILES string of the molecule is CC(C(=O)O)N(C)CC(=O)Nc1ccc(Cl)cc1Cl.Cl. The third-order valence-electron chi connectivity index (χ3n) is 2.62. The van der Waals surface area contributed by atoms with Gasteiger partial charge in [0.05, 0.1) is 17.3 Å². The van der Waals surface area contributed by atoms with Crippen LogP contribution in [0.2, 0.25) is 10.0 Å². The van der Waals surface area contributed by atoms with Gasteiger partial charge in [0.2, 0.25) is 5.91 Å². The van der Waals surface area contributed by atoms with Crippen LogP contribution < -0.4 is 5.32 Å². The van der Waals surface area contributed by atoms with Crippen LogP contribution in [0.15, 0.2) is 18.2 Å². The number of nitrogens with one attached hydrogen (secondary N) is 1. The van der Waals surface area contributed by atoms with E-state index in [0.717, 1.165) is 0 Å². The van der Waals surface area contributed by atoms with E-state index in [4.69, 9.17) is 28.3 Å². The number of hydrogen-bond donors (Lipinski definition) is 2. The van der Waals surface area contributed by atoms with Crippen LogP contribution in [-0.2, 0) is 9.59 Å². The molecule has 1 aromatic rings. The summed E-state index contributed by atoms with van der Waals surface area (Å²) in [5.74, 6) is -1.33. The van der Waals surface area contributed by atoms with E-state index in [0.29, 0.717) is 15.7 Å². The molecule has 0 aliphatic heterocycles. The molecule has 20 heavy (non-hydrogen) atoms. The molecule has 1 unspecified atom stereocenters. The summed E-state index contributed by atoms with van der Waals surface area (Å²) in [7, 11) is 1.56. The molecule has 5 nitrogen and oxygen atoms in total. The van der Waals surface area contributed by atoms with Crippen molar-refractivity contribution in [3.63, 3.8) is 0 Å². The Labute approximate surface area is 133 Å². The molecule has 0 fully saturated rings. The highest BCUT2D eigenvalue weighted by Gasteiger charge is 2.19. The Bertz CT molecular complexity index is 497. The van der Waals surface area contributed by atoms with Crippen molar-refractivity contribution in [2.24, 2.45) is 0 Å². The third-order valence-corrected chi connectivity index (χ3v) is 3.16. The normalized spacial score (nSPS) is 11.7. The van der Waals surface area contributed by atoms with Gasteiger partial charge in [-0.15, -0.1) is 12.4 Å². The lowest BCUT2D eigenvalue weighted by atomic mass is 10.3. The van der Waals surface area contributed by atoms with Gasteiger partial charge in [0.15, 0.2) is 0 Å². The quantitative estimate of drug-likeness (QED) is 0.864. The van der Waals surface area contributed by atoms with Crippen LogP contribution in [0.4, 0.5) is 5.69 Å². The molecule has 8 heteroatoms. The van der Waals surface area contributed by atoms with Gasteiger partial charge in [0.1, 0.15) is 6.04 Å². The fourth-order valence-corrected chi connectivity index (χ4v) is 1.79. The number of amides is 1. The van der Waals surface area contributed by atoms with Gasteiger partial charge in [-0.3, -0.25) is 14.5 Å². The van der Waals surface area contributed by atoms with Crippen LogP contribution in [0.1, 0.15) is 6.92 Å². The molecule has 1 amide bonds. The van der Waals surface area contributed by atoms with Crippen molar-refractivity contribution < 1.29 is 14.7 Å². The zero-order valence-corrected chi connectivity index (χ0v) is 13.2. The minimum Gasteiger partial charge on any atom is -0.480 e. The van der Waals surface area contributed by atoms with E-state index >= 15 is 0 Å². The van der Waals surface area contributed by atoms with Gasteiger partial charge < -0.3 is 10.4 Å². The maximum atomic E-state index is 11.7. The largest absolute Gasteiger partial charge is 0.480 e. The minimum absolute atomic E-state index is 0. The van der Waals surface area contributed by atoms with Gasteiger partial charge in [-0.05, 0) is 32.2 Å². The highest BCUT2D eigenvalue weighted by molar-refractivity contribution is 6.36. The first-order valence-electron chi connectivity index (χ1n) is 5.49. The number of carbonyl (C=O) groups is 2. The first-order chi connectivity index (χ1) is 8.81. The number of nitrogens with zero attached hydrogens (tertiary/aromatic N) is 1. The fourth-order valence-electron chi connectivity index (χ4n) is 1.33. The number of carboxylic acids is 1. The van der Waals surface area contributed by atoms with Gasteiger partial charge in [-0.1, -0.05) is 23.2 Å². The lowest BCUT2D eigenvalue weighted by Crippen LogP contribution is -2.40. The molecule has 2 N–H and O–H groups in total. The molecule has 0 spiro atoms. The Kier molecular flexibility index (Phi) is 7.90. The zero-order valence-electron chi connectivity index (χ0n) is 10.9. The number of aliphatic carboxylic acids is 1. The second-order valence-corrected chi connectivity index (χ2v) is 4.95. The molecule has 0 bridgehead atoms. The Morgan fingerprint density at radius 1 is 1.40 bits per heavy atom. The first-order valence-corrected chi connectivity index (χ1v) is 6.25. The highest BCUT2D eigenvalue weighted by Crippen LogP contribution is 2.25. The average molecular weight is 342 g/mol. The van der Waals surface area contributed by atoms with Crippen molar-refractivity contribution in [1.82, 2.24) is 4.90 Å². The Morgan fingerprint density at radius 3 is 2.50 bits per heavy atom. The van der Waals surface area contributed by atoms with E-state index in [1.807, 2.05) is 0 Å². The molecule has 0 radical (unpaired) electrons. The van der Waals surface area contributed by atoms with Crippen molar-refractivity contribution in [2.45, 2.75) is 13.0 Å². The molecular formula is C12H15Cl3N2O3. The second kappa shape index (κ2) is 8.32. The molecule has 112 valence electrons. The summed E-state index contributed by atoms with van der Waals surface area (Å²) >= 11 is 11.7. The van der Waals surface area contributed by atoms with E-state index in [1.54, 1.807) is 19.2 Å². The summed E-state index contributed by atoms with van der Waals surface area (Å²) in [6, 6.07) is 3.96. The summed E-state index contributed by atoms with van der Waals surface area (Å²) in [6.45, 7) is 1.46. The van der Waals surface area contributed by atoms with Gasteiger partial charge in [0.25, 0.3) is 0 Å². The van der Waals surface area contributed by atoms with Crippen molar-refractivity contribution in [3.8, 4) is 0 Å². The van der Waals surface area contributed by atoms with E-state index in [2.05, 4.69) is 5.32 Å². The van der Waals surface area contributed by atoms with Crippen LogP contribution in [0, 0.1) is 0 Å². The molecule has 0 aliphatic carbocycles. The van der Waals surface area contributed by atoms with Crippen LogP contribution in [0.3, 0.4) is 0 Å². The monoisotopic (exact) mass is 340 g/mol. The predicted molar refractivity (Wildman–Crippen MR) is 82.1 cm³/mol. The van der Waals surface area contributed by atoms with E-state index < -0.39 is 12.0 Å². The minimum atomic E-state index is -0.986. The summed E-state index contributed by atoms with van der Waals surface area (Å²) in [4.78, 5) is 23.9. The Balaban J connectivity index is 0.00000361. The molecule has 0 aliphatic rings. The molecule has 1 atom stereocenters. The topological polar surface area (TPSA) is 69.6 Å². The van der Waals surface area contributed by atoms with Crippen molar-refractivity contribution >= 4 is 53.2 Å². The third kappa shape index (κ3) is 5.54. The number of benzene rings is 1. The van der Waals surface area contributed by atoms with Gasteiger partial charge in [-0.2, -0.15) is 0 Å². The molecule has 1 aromatic carbocycles. The van der Waals surface area contributed by atoms with Crippen LogP contribution in [0.25, 0.3) is 0 Å². The highest BCUT2D eigenvalue weighted by atomic mass is 35.5. The number of halogens is 3. The Hall–Kier alpha value is -1.01. The molecule has 0 aromatic heterocycles. The number of likely N-dealkylation sites (N-methyl/N-ethyl adjacent to an activating group) is 1. The maximum Gasteiger partial charge on any atom is 0.320 e. The number of carbonyl (C=O) groups excluding carboxylic acids is 1. The number of carboxylic acid groups (broad SMARTS) is 1. The van der Waals surface area contributed by atoms with Crippen LogP contribution >= 0.6 is 35.6 Å². The average Bonchev–Trinajstić information content (AvgIpc) is 2.31. The number of anilines is 1. The van der Waals surface area contributed by atoms with Gasteiger partial charge in [0, 0.05) is 5.02 Å². The van der Waals surface area contributed by atoms with Crippen molar-refractivity contribution in [1.29, 1.82) is 0 Å². The number of hydrogen-bond acceptors (Lipinski definition) is 3. The van der Waals surface area contributed by atoms with E-state index in [-0.39, 0.29) is 24.9 Å². The van der Waals surface area contributed by atoms with Crippen LogP contribution in [-0.4, -0.2) is 41.5 Å². The maximum absolute atomic E-state index is 11.7. The van der Waals surface area contributed by atoms with Gasteiger partial charge >= 0.3 is 5.97 Å². The Morgan fingerprint density at radius 2 is 2.00 bits per heavy atom. The van der Waals surface area contributed by atoms with Crippen molar-refractivity contribution in [2.75, 3.05) is 18.9 Å². The molecule has 0 saturated carbocycles. The molecule has 1 rings (SSSR count). The summed E-state index contributed by atoms with van der Waals surface area (Å²) in [5.41, 5.74) is 0.437. The first kappa shape index (κ1) is 19.0. The second-order valence-electron chi connectivity index (χ2n) is 4.10. The summed E-state index contributed by atoms with van der Waals surface area (Å²) in [5, 5.41) is 12.2. The fraction of sp³-hybridized carbons (Fsp3) is 0.333. The van der Waals surface area contributed by atoms with Gasteiger partial charge in [-0.25, -0.2) is 0 Å². The van der Waals surface area contributed by atoms with Crippen LogP contribution in [0.5, 0.6) is 0 Å². The smallest absolute Gasteiger partial charge is 0.320 e. The lowest BCUT2D eigenvalue weighted by Gasteiger charge is -2.20. The summed E-state index contributed by atoms with van der Waals surface area (Å²) < 4.78 is 0. The summed E-state index contributed by atoms with van der Waals surface area (Å²) in [6.07, 6.45) is 0. The molecule has 0 heterocycles. The molecular weight excluding hydrogens is 327 g/mol. The van der Waals surface area contributed by atoms with E-state index in [9.17, 15) is 9.59 Å². The van der Waals surface area contributed by atoms with Crippen molar-refractivity contribution in [3.05, 3.63) is 28.2 Å². The standard InChI is InChI=1S/C12H14Cl2N2O3.ClH/c1-7(12(18)19)16(2)6-11(17)15-10-4-3-8(13)5-9(10)14;/h3-5,7H,6H2,1-2H3,(H,15,17)(H,18,19);1H. The lowest BCUT2D eigenvalue weighted by molar-refractivity contribution is -0.142. The molecule has 0 saturated heterocycles. The number of rotatable bonds is 5. The predicted octanol–water partition coefficient (Wildman–Crippen LogP) is 2.76.